The number of hydrogen-bond acceptors (Lipinski definition) is 17. The molecule has 2 aliphatic rings. The number of fused-ring (bicyclic) bond motifs is 1. The molecule has 2 fully saturated rings. The molecule has 10 atom stereocenters. The number of benzene rings is 5. The van der Waals surface area contributed by atoms with Crippen LogP contribution in [0.25, 0.3) is 10.8 Å². The molecular formula is C85H114ClN17O14. The molecule has 5 aromatic carbocycles. The normalized spacial score (nSPS) is 16.0. The lowest BCUT2D eigenvalue weighted by atomic mass is 9.99. The molecule has 2 aliphatic heterocycles. The lowest BCUT2D eigenvalue weighted by molar-refractivity contribution is -0.861. The van der Waals surface area contributed by atoms with Gasteiger partial charge in [0, 0.05) is 87.4 Å². The van der Waals surface area contributed by atoms with Gasteiger partial charge in [-0.15, -0.1) is 6.61 Å². The highest BCUT2D eigenvalue weighted by atomic mass is 35.5. The summed E-state index contributed by atoms with van der Waals surface area (Å²) in [6, 6.07) is 21.7. The van der Waals surface area contributed by atoms with Gasteiger partial charge in [0.1, 0.15) is 54.4 Å². The van der Waals surface area contributed by atoms with Crippen LogP contribution >= 0.6 is 11.6 Å². The summed E-state index contributed by atoms with van der Waals surface area (Å²) in [5, 5.41) is 46.4. The average molecular weight is 1630 g/mol. The van der Waals surface area contributed by atoms with E-state index in [4.69, 9.17) is 27.8 Å². The van der Waals surface area contributed by atoms with Gasteiger partial charge in [-0.25, -0.2) is 4.79 Å². The quantitative estimate of drug-likeness (QED) is 0.0192. The number of nitrogens with two attached hydrogens (primary N) is 2. The smallest absolute Gasteiger partial charge is 0.312 e. The first-order chi connectivity index (χ1) is 55.8. The van der Waals surface area contributed by atoms with E-state index in [1.807, 2.05) is 97.4 Å². The van der Waals surface area contributed by atoms with Crippen molar-refractivity contribution in [2.45, 2.75) is 178 Å². The van der Waals surface area contributed by atoms with E-state index in [9.17, 15) is 38.7 Å². The number of aromatic nitrogens is 1. The molecule has 8 rings (SSSR count). The molecule has 6 aromatic rings. The molecule has 630 valence electrons. The molecule has 32 heteroatoms. The first-order valence-electron chi connectivity index (χ1n) is 39.8. The Morgan fingerprint density at radius 2 is 1.03 bits per heavy atom. The summed E-state index contributed by atoms with van der Waals surface area (Å²) in [4.78, 5) is 179. The zero-order chi connectivity index (χ0) is 84.9. The number of quaternary nitrogens is 1. The van der Waals surface area contributed by atoms with Crippen molar-refractivity contribution in [3.63, 3.8) is 0 Å². The lowest BCUT2D eigenvalue weighted by Gasteiger charge is -2.31. The molecule has 13 amide bonds. The molecule has 3 heterocycles. The number of morpholine rings is 1. The number of rotatable bonds is 43. The van der Waals surface area contributed by atoms with Gasteiger partial charge in [0.15, 0.2) is 6.54 Å². The molecular weight excluding hydrogens is 1520 g/mol. The fraction of sp³-hybridized carbons (Fsp3) is 0.471. The first-order valence-corrected chi connectivity index (χ1v) is 40.2. The van der Waals surface area contributed by atoms with Crippen LogP contribution in [0.1, 0.15) is 107 Å². The van der Waals surface area contributed by atoms with E-state index < -0.39 is 132 Å². The van der Waals surface area contributed by atoms with Gasteiger partial charge in [-0.05, 0) is 132 Å². The summed E-state index contributed by atoms with van der Waals surface area (Å²) in [5.74, 6) is -8.86. The number of carbonyl (C=O) groups excluding carboxylic acids is 12. The maximum atomic E-state index is 15.6. The minimum atomic E-state index is -1.94. The molecule has 117 heavy (non-hydrogen) atoms. The van der Waals surface area contributed by atoms with E-state index in [1.165, 1.54) is 24.2 Å². The summed E-state index contributed by atoms with van der Waals surface area (Å²) in [6.07, 6.45) is 3.91. The van der Waals surface area contributed by atoms with Gasteiger partial charge in [-0.2, -0.15) is 0 Å². The number of pyridine rings is 1. The summed E-state index contributed by atoms with van der Waals surface area (Å²) in [5.41, 5.74) is 15.1. The lowest BCUT2D eigenvalue weighted by Crippen LogP contribution is -2.62. The maximum Gasteiger partial charge on any atom is 0.312 e. The number of halogens is 1. The van der Waals surface area contributed by atoms with Crippen molar-refractivity contribution in [3.05, 3.63) is 178 Å². The van der Waals surface area contributed by atoms with Crippen LogP contribution in [0.2, 0.25) is 5.02 Å². The Morgan fingerprint density at radius 1 is 0.538 bits per heavy atom. The molecule has 2 saturated heterocycles. The highest BCUT2D eigenvalue weighted by Crippen LogP contribution is 2.23. The fourth-order valence-corrected chi connectivity index (χ4v) is 14.0. The number of hydrogen-bond donors (Lipinski definition) is 13. The SMILES string of the molecule is CC(C)C[C@H](NC(=O)[C@@H](Cc1ccc(NC(=O)C[N+](C)(C)C)cc1)NC(=O)[C@H](Cc1ccc(CN2CCOCC2)cc1)NC(=O)[C@H](C[O-])NC(=O)[C@@H](Cc1cccnc1)NC(=O)[C@@H](Cc1ccc(Cl)cc1)NC(=O)[C@@H](Cc1ccc2ccccc2c1)NC(N)=O)C(=O)N[C@@H](CCCCNC(C)C)C(=O)N1CCC[C@H]1C(=O)N[C@H](C)C(N)=O. The molecule has 0 saturated carbocycles. The van der Waals surface area contributed by atoms with Crippen LogP contribution in [0.4, 0.5) is 10.5 Å². The first kappa shape index (κ1) is 91.6. The Bertz CT molecular complexity index is 4360. The molecule has 0 spiro atoms. The second-order valence-corrected chi connectivity index (χ2v) is 32.2. The topological polar surface area (TPSA) is 441 Å². The van der Waals surface area contributed by atoms with E-state index in [2.05, 4.69) is 68.4 Å². The van der Waals surface area contributed by atoms with E-state index in [0.717, 1.165) is 16.3 Å². The molecule has 1 aromatic heterocycles. The van der Waals surface area contributed by atoms with Crippen molar-refractivity contribution in [3.8, 4) is 0 Å². The Kier molecular flexibility index (Phi) is 35.2. The van der Waals surface area contributed by atoms with Gasteiger partial charge >= 0.3 is 6.03 Å². The molecule has 0 radical (unpaired) electrons. The van der Waals surface area contributed by atoms with Crippen LogP contribution in [-0.2, 0) is 96.1 Å². The summed E-state index contributed by atoms with van der Waals surface area (Å²) in [7, 11) is 5.59. The zero-order valence-electron chi connectivity index (χ0n) is 67.9. The predicted octanol–water partition coefficient (Wildman–Crippen LogP) is 1.86. The van der Waals surface area contributed by atoms with Crippen molar-refractivity contribution in [2.24, 2.45) is 17.4 Å². The number of likely N-dealkylation sites (tertiary alicyclic amines) is 1. The number of ether oxygens (including phenoxy) is 1. The van der Waals surface area contributed by atoms with Gasteiger partial charge < -0.3 is 89.2 Å². The Hall–Kier alpha value is -11.0. The summed E-state index contributed by atoms with van der Waals surface area (Å²) >= 11 is 6.28. The number of primary amides is 2. The molecule has 0 bridgehead atoms. The van der Waals surface area contributed by atoms with Crippen LogP contribution in [0.3, 0.4) is 0 Å². The van der Waals surface area contributed by atoms with Crippen LogP contribution in [0, 0.1) is 5.92 Å². The molecule has 15 N–H and O–H groups in total. The van der Waals surface area contributed by atoms with E-state index in [-0.39, 0.29) is 82.3 Å². The largest absolute Gasteiger partial charge is 0.853 e. The molecule has 0 aliphatic carbocycles. The number of carbonyl (C=O) groups is 12. The highest BCUT2D eigenvalue weighted by molar-refractivity contribution is 6.30. The van der Waals surface area contributed by atoms with Crippen LogP contribution in [-0.4, -0.2) is 230 Å². The Balaban J connectivity index is 1.10. The monoisotopic (exact) mass is 1630 g/mol. The minimum absolute atomic E-state index is 0.0264. The third-order valence-electron chi connectivity index (χ3n) is 20.1. The number of urea groups is 1. The standard InChI is InChI=1S/C85H114ClN17O14/c1-52(2)41-66(76(107)93-65(18-11-12-35-90-53(3)4)84(115)102-36-14-19-73(102)83(114)91-54(5)75(87)106)94-77(108)68(45-57-27-32-64(33-28-57)92-74(105)50-103(6,7)8)95-79(110)69(43-55-20-22-58(23-21-55)49-101-37-39-117-40-38-101)98-82(113)72(51-104)99-80(111)70(47-60-15-13-34-89-48-60)97-78(109)67(44-56-25-30-63(86)31-26-56)96-81(112)71(100-85(88)116)46-59-24-29-61-16-9-10-17-62(61)42-59/h9-10,13,15-17,20-34,42,48,52-54,65-73,90H,11-12,14,18-19,35-41,43-47,49-51H2,1-8H3,(H2,87,106)(H,91,114)(H,92,105)(H,93,107)(H,94,108)(H,95,110)(H,96,112)(H,97,109)(H,98,113)(H,99,111)(H3,88,100,116)/t54-,65+,66+,67-,68-,69+,70-,71-,72+,73+/m1/s1. The predicted molar refractivity (Wildman–Crippen MR) is 442 cm³/mol. The van der Waals surface area contributed by atoms with Crippen molar-refractivity contribution >= 4 is 99.1 Å². The van der Waals surface area contributed by atoms with Crippen LogP contribution in [0.15, 0.2) is 140 Å². The van der Waals surface area contributed by atoms with Crippen LogP contribution < -0.4 is 75.1 Å². The Morgan fingerprint density at radius 3 is 1.56 bits per heavy atom. The number of anilines is 1. The molecule has 0 unspecified atom stereocenters. The average Bonchev–Trinajstić information content (AvgIpc) is 1.71. The van der Waals surface area contributed by atoms with Crippen molar-refractivity contribution in [1.29, 1.82) is 0 Å². The summed E-state index contributed by atoms with van der Waals surface area (Å²) in [6.45, 7) is 11.8. The number of likely N-dealkylation sites (N-methyl/N-ethyl adjacent to an activating group) is 1. The number of unbranched alkanes of at least 4 members (excludes halogenated alkanes) is 1. The van der Waals surface area contributed by atoms with Gasteiger partial charge in [-0.1, -0.05) is 136 Å². The second kappa shape index (κ2) is 45.0. The van der Waals surface area contributed by atoms with Gasteiger partial charge in [0.2, 0.25) is 59.1 Å². The van der Waals surface area contributed by atoms with E-state index >= 15 is 24.0 Å². The Labute approximate surface area is 688 Å². The van der Waals surface area contributed by atoms with Gasteiger partial charge in [-0.3, -0.25) is 62.6 Å². The fourth-order valence-electron chi connectivity index (χ4n) is 13.9. The third-order valence-corrected chi connectivity index (χ3v) is 20.3. The van der Waals surface area contributed by atoms with Crippen molar-refractivity contribution < 1.29 is 71.9 Å². The van der Waals surface area contributed by atoms with Gasteiger partial charge in [0.25, 0.3) is 5.91 Å². The van der Waals surface area contributed by atoms with Crippen molar-refractivity contribution in [2.75, 3.05) is 79.0 Å². The minimum Gasteiger partial charge on any atom is -0.853 e. The second-order valence-electron chi connectivity index (χ2n) is 31.8. The van der Waals surface area contributed by atoms with E-state index in [0.29, 0.717) is 102 Å². The number of amides is 13. The van der Waals surface area contributed by atoms with E-state index in [1.54, 1.807) is 78.9 Å². The van der Waals surface area contributed by atoms with Crippen molar-refractivity contribution in [1.82, 2.24) is 68.0 Å². The maximum absolute atomic E-state index is 15.6. The third kappa shape index (κ3) is 30.2. The number of nitrogens with one attached hydrogen (secondary N) is 11. The number of nitrogens with zero attached hydrogens (tertiary/aromatic N) is 4. The highest BCUT2D eigenvalue weighted by Gasteiger charge is 2.41. The molecule has 31 nitrogen and oxygen atoms in total. The van der Waals surface area contributed by atoms with Gasteiger partial charge in [0.05, 0.1) is 40.4 Å². The van der Waals surface area contributed by atoms with Crippen LogP contribution in [0.5, 0.6) is 0 Å². The summed E-state index contributed by atoms with van der Waals surface area (Å²) < 4.78 is 5.91. The zero-order valence-corrected chi connectivity index (χ0v) is 68.6.